The fourth-order valence-electron chi connectivity index (χ4n) is 2.18. The van der Waals surface area contributed by atoms with E-state index in [9.17, 15) is 50.6 Å². The van der Waals surface area contributed by atoms with Crippen molar-refractivity contribution in [3.8, 4) is 0 Å². The molecule has 2 atom stereocenters. The molecule has 0 aromatic rings. The standard InChI is InChI=1S/C3H4N10O10/c14-9(15)4-1-5(10(16)17)3-2(4)6(11(18)19)8(13(22)23)7(3)12(20)21/h2-3H,1H2. The summed E-state index contributed by atoms with van der Waals surface area (Å²) in [5.41, 5.74) is 0. The minimum absolute atomic E-state index is 0.101. The molecule has 0 spiro atoms. The highest BCUT2D eigenvalue weighted by molar-refractivity contribution is 4.83. The van der Waals surface area contributed by atoms with E-state index in [4.69, 9.17) is 0 Å². The summed E-state index contributed by atoms with van der Waals surface area (Å²) in [7, 11) is 0. The molecular weight excluding hydrogens is 336 g/mol. The maximum absolute atomic E-state index is 11.0. The van der Waals surface area contributed by atoms with Crippen LogP contribution in [0, 0.1) is 50.6 Å². The molecule has 20 heteroatoms. The van der Waals surface area contributed by atoms with Crippen molar-refractivity contribution in [3.63, 3.8) is 0 Å². The Morgan fingerprint density at radius 2 is 0.957 bits per heavy atom. The Kier molecular flexibility index (Phi) is 3.20. The first-order chi connectivity index (χ1) is 10.6. The fourth-order valence-corrected chi connectivity index (χ4v) is 2.18. The zero-order valence-corrected chi connectivity index (χ0v) is 10.4. The van der Waals surface area contributed by atoms with Crippen LogP contribution in [0.4, 0.5) is 0 Å². The number of hydrogen-bond acceptors (Lipinski definition) is 10. The normalized spacial score (nSPS) is 23.0. The van der Waals surface area contributed by atoms with Crippen LogP contribution in [0.5, 0.6) is 0 Å². The van der Waals surface area contributed by atoms with Gasteiger partial charge in [-0.15, -0.1) is 0 Å². The van der Waals surface area contributed by atoms with Crippen LogP contribution in [0.15, 0.2) is 0 Å². The van der Waals surface area contributed by atoms with Crippen LogP contribution in [0.25, 0.3) is 0 Å². The third kappa shape index (κ3) is 2.00. The van der Waals surface area contributed by atoms with Crippen molar-refractivity contribution in [1.82, 2.24) is 25.5 Å². The van der Waals surface area contributed by atoms with Gasteiger partial charge in [-0.05, 0) is 0 Å². The molecule has 0 N–H and O–H groups in total. The molecule has 0 saturated carbocycles. The van der Waals surface area contributed by atoms with E-state index in [2.05, 4.69) is 0 Å². The Morgan fingerprint density at radius 1 is 0.609 bits per heavy atom. The molecule has 0 radical (unpaired) electrons. The van der Waals surface area contributed by atoms with Crippen LogP contribution < -0.4 is 0 Å². The quantitative estimate of drug-likeness (QED) is 0.356. The summed E-state index contributed by atoms with van der Waals surface area (Å²) in [6.07, 6.45) is -4.58. The van der Waals surface area contributed by atoms with Crippen molar-refractivity contribution in [3.05, 3.63) is 50.6 Å². The Hall–Kier alpha value is -4.00. The molecule has 0 aromatic heterocycles. The number of hydrogen-bond donors (Lipinski definition) is 0. The van der Waals surface area contributed by atoms with Gasteiger partial charge in [-0.2, -0.15) is 0 Å². The van der Waals surface area contributed by atoms with Gasteiger partial charge in [-0.25, -0.2) is 50.6 Å². The van der Waals surface area contributed by atoms with E-state index in [0.29, 0.717) is 0 Å². The molecule has 126 valence electrons. The molecule has 2 unspecified atom stereocenters. The lowest BCUT2D eigenvalue weighted by atomic mass is 10.4. The monoisotopic (exact) mass is 340 g/mol. The molecule has 0 aliphatic carbocycles. The molecule has 0 bridgehead atoms. The first-order valence-electron chi connectivity index (χ1n) is 5.22. The molecular formula is C3H4N10O10. The Morgan fingerprint density at radius 3 is 1.17 bits per heavy atom. The van der Waals surface area contributed by atoms with Crippen LogP contribution in [-0.4, -0.2) is 69.6 Å². The number of nitro groups is 5. The minimum Gasteiger partial charge on any atom is -0.235 e. The number of fused-ring (bicyclic) bond motifs is 1. The van der Waals surface area contributed by atoms with E-state index in [1.807, 2.05) is 0 Å². The predicted octanol–water partition coefficient (Wildman–Crippen LogP) is -3.08. The lowest BCUT2D eigenvalue weighted by molar-refractivity contribution is -0.920. The van der Waals surface area contributed by atoms with E-state index < -0.39 is 59.6 Å². The van der Waals surface area contributed by atoms with E-state index in [-0.39, 0.29) is 10.0 Å². The summed E-state index contributed by atoms with van der Waals surface area (Å²) in [4.78, 5) is 54.6. The van der Waals surface area contributed by atoms with Gasteiger partial charge in [0.1, 0.15) is 0 Å². The van der Waals surface area contributed by atoms with E-state index in [0.717, 1.165) is 0 Å². The maximum Gasteiger partial charge on any atom is 0.303 e. The predicted molar refractivity (Wildman–Crippen MR) is 56.6 cm³/mol. The number of rotatable bonds is 5. The topological polar surface area (TPSA) is 232 Å². The minimum atomic E-state index is -2.29. The Balaban J connectivity index is 2.63. The molecule has 23 heavy (non-hydrogen) atoms. The fraction of sp³-hybridized carbons (Fsp3) is 1.00. The van der Waals surface area contributed by atoms with Gasteiger partial charge in [0.25, 0.3) is 0 Å². The lowest BCUT2D eigenvalue weighted by Gasteiger charge is -2.18. The van der Waals surface area contributed by atoms with Crippen molar-refractivity contribution >= 4 is 0 Å². The first kappa shape index (κ1) is 15.4. The molecule has 2 fully saturated rings. The second-order valence-corrected chi connectivity index (χ2v) is 3.95. The average Bonchev–Trinajstić information content (AvgIpc) is 2.91. The molecule has 2 rings (SSSR count). The van der Waals surface area contributed by atoms with E-state index >= 15 is 0 Å². The van der Waals surface area contributed by atoms with Gasteiger partial charge in [-0.1, -0.05) is 10.0 Å². The van der Waals surface area contributed by atoms with Crippen LogP contribution >= 0.6 is 0 Å². The van der Waals surface area contributed by atoms with Gasteiger partial charge in [0, 0.05) is 0 Å². The SMILES string of the molecule is O=[N+]([O-])N1CN([N+](=O)[O-])C2C1N([N+](=O)[O-])N([N+](=O)[O-])N2[N+](=O)[O-]. The van der Waals surface area contributed by atoms with Crippen molar-refractivity contribution in [2.75, 3.05) is 6.67 Å². The van der Waals surface area contributed by atoms with Gasteiger partial charge in [0.05, 0.1) is 10.2 Å². The van der Waals surface area contributed by atoms with Crippen molar-refractivity contribution < 1.29 is 25.2 Å². The largest absolute Gasteiger partial charge is 0.303 e. The summed E-state index contributed by atoms with van der Waals surface area (Å²) < 4.78 is 0. The second-order valence-electron chi connectivity index (χ2n) is 3.95. The van der Waals surface area contributed by atoms with Gasteiger partial charge in [-0.3, -0.25) is 0 Å². The highest BCUT2D eigenvalue weighted by atomic mass is 16.8. The van der Waals surface area contributed by atoms with Crippen molar-refractivity contribution in [2.45, 2.75) is 12.3 Å². The Labute approximate surface area is 121 Å². The van der Waals surface area contributed by atoms with E-state index in [1.54, 1.807) is 0 Å². The average molecular weight is 340 g/mol. The smallest absolute Gasteiger partial charge is 0.235 e. The molecule has 0 aromatic carbocycles. The zero-order valence-electron chi connectivity index (χ0n) is 10.4. The lowest BCUT2D eigenvalue weighted by Crippen LogP contribution is -2.58. The third-order valence-corrected chi connectivity index (χ3v) is 2.91. The second kappa shape index (κ2) is 4.78. The number of nitrogens with zero attached hydrogens (tertiary/aromatic N) is 10. The van der Waals surface area contributed by atoms with Crippen LogP contribution in [0.3, 0.4) is 0 Å². The van der Waals surface area contributed by atoms with Gasteiger partial charge in [0.15, 0.2) is 25.4 Å². The van der Waals surface area contributed by atoms with Crippen LogP contribution in [0.2, 0.25) is 0 Å². The van der Waals surface area contributed by atoms with Crippen LogP contribution in [-0.2, 0) is 0 Å². The first-order valence-corrected chi connectivity index (χ1v) is 5.22. The van der Waals surface area contributed by atoms with Crippen molar-refractivity contribution in [1.29, 1.82) is 0 Å². The Bertz CT molecular complexity index is 562. The number of hydrazine groups is 7. The summed E-state index contributed by atoms with van der Waals surface area (Å²) in [5.74, 6) is 0. The highest BCUT2D eigenvalue weighted by Crippen LogP contribution is 2.35. The summed E-state index contributed by atoms with van der Waals surface area (Å²) >= 11 is 0. The molecule has 2 heterocycles. The zero-order chi connectivity index (χ0) is 17.6. The third-order valence-electron chi connectivity index (χ3n) is 2.91. The summed E-state index contributed by atoms with van der Waals surface area (Å²) in [6, 6.07) is 0. The maximum atomic E-state index is 11.0. The molecule has 2 saturated heterocycles. The van der Waals surface area contributed by atoms with E-state index in [1.165, 1.54) is 0 Å². The molecule has 2 aliphatic heterocycles. The van der Waals surface area contributed by atoms with Crippen LogP contribution in [0.1, 0.15) is 0 Å². The summed E-state index contributed by atoms with van der Waals surface area (Å²) in [6.45, 7) is -1.17. The van der Waals surface area contributed by atoms with Gasteiger partial charge >= 0.3 is 12.3 Å². The van der Waals surface area contributed by atoms with Gasteiger partial charge < -0.3 is 0 Å². The van der Waals surface area contributed by atoms with Gasteiger partial charge in [0.2, 0.25) is 11.7 Å². The highest BCUT2D eigenvalue weighted by Gasteiger charge is 2.77. The molecule has 0 amide bonds. The molecule has 20 nitrogen and oxygen atoms in total. The summed E-state index contributed by atoms with van der Waals surface area (Å²) in [5, 5.41) is 45.3. The molecule has 2 aliphatic rings. The van der Waals surface area contributed by atoms with Crippen molar-refractivity contribution in [2.24, 2.45) is 0 Å².